The Kier molecular flexibility index (Phi) is 5.38. The molecule has 3 rings (SSSR count). The molecular weight excluding hydrogens is 312 g/mol. The number of hydrogen-bond acceptors (Lipinski definition) is 3. The number of aliphatic hydroxyl groups is 1. The normalized spacial score (nSPS) is 27.1. The quantitative estimate of drug-likeness (QED) is 0.870. The molecule has 0 radical (unpaired) electrons. The van der Waals surface area contributed by atoms with Crippen LogP contribution in [0.2, 0.25) is 0 Å². The van der Waals surface area contributed by atoms with Gasteiger partial charge in [-0.15, -0.1) is 0 Å². The van der Waals surface area contributed by atoms with E-state index in [-0.39, 0.29) is 23.3 Å². The number of rotatable bonds is 3. The predicted octanol–water partition coefficient (Wildman–Crippen LogP) is 4.05. The highest BCUT2D eigenvalue weighted by molar-refractivity contribution is 5.96. The molecule has 25 heavy (non-hydrogen) atoms. The fourth-order valence-corrected chi connectivity index (χ4v) is 4.74. The SMILES string of the molecule is CC1CC(C(=O)Nc2ccccc2N2CCC(O)CC2)CC(C)(C)C1. The van der Waals surface area contributed by atoms with Crippen LogP contribution in [0.5, 0.6) is 0 Å². The number of anilines is 2. The first-order valence-corrected chi connectivity index (χ1v) is 9.67. The van der Waals surface area contributed by atoms with Crippen LogP contribution in [-0.4, -0.2) is 30.2 Å². The molecule has 2 aliphatic rings. The second kappa shape index (κ2) is 7.36. The van der Waals surface area contributed by atoms with Gasteiger partial charge in [0, 0.05) is 19.0 Å². The molecular formula is C21H32N2O2. The van der Waals surface area contributed by atoms with E-state index in [1.807, 2.05) is 18.2 Å². The highest BCUT2D eigenvalue weighted by Gasteiger charge is 2.35. The number of nitrogens with zero attached hydrogens (tertiary/aromatic N) is 1. The summed E-state index contributed by atoms with van der Waals surface area (Å²) in [4.78, 5) is 15.2. The van der Waals surface area contributed by atoms with E-state index in [1.54, 1.807) is 0 Å². The Morgan fingerprint density at radius 2 is 1.88 bits per heavy atom. The molecule has 0 spiro atoms. The molecule has 1 aliphatic carbocycles. The molecule has 1 saturated carbocycles. The highest BCUT2D eigenvalue weighted by atomic mass is 16.3. The van der Waals surface area contributed by atoms with Crippen LogP contribution in [0.15, 0.2) is 24.3 Å². The summed E-state index contributed by atoms with van der Waals surface area (Å²) >= 11 is 0. The molecule has 1 aromatic carbocycles. The summed E-state index contributed by atoms with van der Waals surface area (Å²) in [6, 6.07) is 8.06. The van der Waals surface area contributed by atoms with E-state index in [1.165, 1.54) is 6.42 Å². The van der Waals surface area contributed by atoms with E-state index >= 15 is 0 Å². The lowest BCUT2D eigenvalue weighted by Crippen LogP contribution is -2.37. The van der Waals surface area contributed by atoms with Gasteiger partial charge in [0.15, 0.2) is 0 Å². The summed E-state index contributed by atoms with van der Waals surface area (Å²) in [5, 5.41) is 12.9. The number of aliphatic hydroxyl groups excluding tert-OH is 1. The van der Waals surface area contributed by atoms with Gasteiger partial charge >= 0.3 is 0 Å². The van der Waals surface area contributed by atoms with Crippen molar-refractivity contribution in [1.82, 2.24) is 0 Å². The van der Waals surface area contributed by atoms with Crippen molar-refractivity contribution in [2.75, 3.05) is 23.3 Å². The van der Waals surface area contributed by atoms with Gasteiger partial charge in [0.1, 0.15) is 0 Å². The zero-order valence-corrected chi connectivity index (χ0v) is 15.8. The average Bonchev–Trinajstić information content (AvgIpc) is 2.54. The second-order valence-electron chi connectivity index (χ2n) is 8.83. The maximum absolute atomic E-state index is 12.9. The first-order valence-electron chi connectivity index (χ1n) is 9.67. The van der Waals surface area contributed by atoms with Crippen LogP contribution in [0.1, 0.15) is 52.9 Å². The van der Waals surface area contributed by atoms with Crippen LogP contribution < -0.4 is 10.2 Å². The van der Waals surface area contributed by atoms with Crippen molar-refractivity contribution in [3.05, 3.63) is 24.3 Å². The van der Waals surface area contributed by atoms with E-state index in [9.17, 15) is 9.90 Å². The number of carbonyl (C=O) groups is 1. The van der Waals surface area contributed by atoms with Gasteiger partial charge in [0.2, 0.25) is 5.91 Å². The lowest BCUT2D eigenvalue weighted by atomic mass is 9.68. The Morgan fingerprint density at radius 1 is 1.20 bits per heavy atom. The van der Waals surface area contributed by atoms with Crippen molar-refractivity contribution in [3.63, 3.8) is 0 Å². The molecule has 1 aromatic rings. The average molecular weight is 344 g/mol. The standard InChI is InChI=1S/C21H32N2O2/c1-15-12-16(14-21(2,3)13-15)20(25)22-18-6-4-5-7-19(18)23-10-8-17(24)9-11-23/h4-7,15-17,24H,8-14H2,1-3H3,(H,22,25). The third-order valence-electron chi connectivity index (χ3n) is 5.72. The van der Waals surface area contributed by atoms with Crippen LogP contribution in [0.25, 0.3) is 0 Å². The lowest BCUT2D eigenvalue weighted by molar-refractivity contribution is -0.122. The molecule has 1 aliphatic heterocycles. The van der Waals surface area contributed by atoms with Crippen LogP contribution in [-0.2, 0) is 4.79 Å². The summed E-state index contributed by atoms with van der Waals surface area (Å²) in [7, 11) is 0. The molecule has 4 heteroatoms. The fraction of sp³-hybridized carbons (Fsp3) is 0.667. The first kappa shape index (κ1) is 18.2. The molecule has 138 valence electrons. The smallest absolute Gasteiger partial charge is 0.227 e. The van der Waals surface area contributed by atoms with E-state index in [0.717, 1.165) is 50.1 Å². The summed E-state index contributed by atoms with van der Waals surface area (Å²) in [6.45, 7) is 8.48. The second-order valence-corrected chi connectivity index (χ2v) is 8.83. The fourth-order valence-electron chi connectivity index (χ4n) is 4.74. The van der Waals surface area contributed by atoms with E-state index < -0.39 is 0 Å². The van der Waals surface area contributed by atoms with Gasteiger partial charge < -0.3 is 15.3 Å². The summed E-state index contributed by atoms with van der Waals surface area (Å²) in [5.74, 6) is 0.845. The van der Waals surface area contributed by atoms with E-state index in [2.05, 4.69) is 37.1 Å². The Bertz CT molecular complexity index is 606. The molecule has 1 amide bonds. The maximum atomic E-state index is 12.9. The summed E-state index contributed by atoms with van der Waals surface area (Å²) < 4.78 is 0. The lowest BCUT2D eigenvalue weighted by Gasteiger charge is -2.38. The van der Waals surface area contributed by atoms with E-state index in [0.29, 0.717) is 5.92 Å². The third kappa shape index (κ3) is 4.55. The molecule has 2 fully saturated rings. The predicted molar refractivity (Wildman–Crippen MR) is 103 cm³/mol. The van der Waals surface area contributed by atoms with Crippen molar-refractivity contribution >= 4 is 17.3 Å². The van der Waals surface area contributed by atoms with Crippen molar-refractivity contribution in [1.29, 1.82) is 0 Å². The molecule has 1 heterocycles. The third-order valence-corrected chi connectivity index (χ3v) is 5.72. The highest BCUT2D eigenvalue weighted by Crippen LogP contribution is 2.42. The molecule has 2 unspecified atom stereocenters. The van der Waals surface area contributed by atoms with Crippen LogP contribution >= 0.6 is 0 Å². The first-order chi connectivity index (χ1) is 11.8. The number of nitrogens with one attached hydrogen (secondary N) is 1. The van der Waals surface area contributed by atoms with Gasteiger partial charge in [-0.1, -0.05) is 32.9 Å². The monoisotopic (exact) mass is 344 g/mol. The molecule has 2 atom stereocenters. The summed E-state index contributed by atoms with van der Waals surface area (Å²) in [5.41, 5.74) is 2.22. The Hall–Kier alpha value is -1.55. The summed E-state index contributed by atoms with van der Waals surface area (Å²) in [6.07, 6.45) is 4.52. The van der Waals surface area contributed by atoms with Crippen molar-refractivity contribution in [2.24, 2.45) is 17.3 Å². The molecule has 4 nitrogen and oxygen atoms in total. The van der Waals surface area contributed by atoms with Crippen LogP contribution in [0, 0.1) is 17.3 Å². The van der Waals surface area contributed by atoms with Crippen LogP contribution in [0.4, 0.5) is 11.4 Å². The minimum Gasteiger partial charge on any atom is -0.393 e. The Balaban J connectivity index is 1.71. The van der Waals surface area contributed by atoms with Crippen molar-refractivity contribution in [2.45, 2.75) is 59.0 Å². The topological polar surface area (TPSA) is 52.6 Å². The zero-order valence-electron chi connectivity index (χ0n) is 15.8. The maximum Gasteiger partial charge on any atom is 0.227 e. The van der Waals surface area contributed by atoms with Gasteiger partial charge in [-0.25, -0.2) is 0 Å². The van der Waals surface area contributed by atoms with Crippen LogP contribution in [0.3, 0.4) is 0 Å². The van der Waals surface area contributed by atoms with Gasteiger partial charge in [-0.05, 0) is 55.6 Å². The van der Waals surface area contributed by atoms with Gasteiger partial charge in [-0.2, -0.15) is 0 Å². The zero-order chi connectivity index (χ0) is 18.0. The largest absolute Gasteiger partial charge is 0.393 e. The minimum absolute atomic E-state index is 0.0926. The number of benzene rings is 1. The van der Waals surface area contributed by atoms with Crippen molar-refractivity contribution < 1.29 is 9.90 Å². The molecule has 0 bridgehead atoms. The number of amides is 1. The Labute approximate surface area is 151 Å². The molecule has 2 N–H and O–H groups in total. The number of carbonyl (C=O) groups excluding carboxylic acids is 1. The van der Waals surface area contributed by atoms with E-state index in [4.69, 9.17) is 0 Å². The van der Waals surface area contributed by atoms with Gasteiger partial charge in [0.25, 0.3) is 0 Å². The molecule has 0 aromatic heterocycles. The molecule has 1 saturated heterocycles. The number of hydrogen-bond donors (Lipinski definition) is 2. The van der Waals surface area contributed by atoms with Gasteiger partial charge in [0.05, 0.1) is 17.5 Å². The minimum atomic E-state index is -0.191. The Morgan fingerprint density at radius 3 is 2.56 bits per heavy atom. The van der Waals surface area contributed by atoms with Gasteiger partial charge in [-0.3, -0.25) is 4.79 Å². The van der Waals surface area contributed by atoms with Crippen molar-refractivity contribution in [3.8, 4) is 0 Å². The number of piperidine rings is 1. The number of para-hydroxylation sites is 2.